The van der Waals surface area contributed by atoms with Crippen LogP contribution >= 0.6 is 0 Å². The lowest BCUT2D eigenvalue weighted by atomic mass is 9.97. The van der Waals surface area contributed by atoms with E-state index < -0.39 is 17.7 Å². The van der Waals surface area contributed by atoms with Crippen LogP contribution in [0.15, 0.2) is 18.2 Å². The number of nitrogens with one attached hydrogen (secondary N) is 1. The molecular formula is C15H21F2NO2. The maximum atomic E-state index is 13.5. The Balaban J connectivity index is 1.85. The van der Waals surface area contributed by atoms with Gasteiger partial charge in [-0.15, -0.1) is 0 Å². The van der Waals surface area contributed by atoms with Crippen LogP contribution in [0.2, 0.25) is 0 Å². The third-order valence-corrected chi connectivity index (χ3v) is 4.13. The van der Waals surface area contributed by atoms with Gasteiger partial charge in [-0.25, -0.2) is 8.78 Å². The summed E-state index contributed by atoms with van der Waals surface area (Å²) in [5, 5.41) is 22.2. The van der Waals surface area contributed by atoms with Crippen molar-refractivity contribution in [2.45, 2.75) is 25.4 Å². The number of rotatable bonds is 6. The highest BCUT2D eigenvalue weighted by Gasteiger charge is 2.26. The molecule has 3 N–H and O–H groups in total. The molecular weight excluding hydrogens is 264 g/mol. The summed E-state index contributed by atoms with van der Waals surface area (Å²) < 4.78 is 27.0. The number of hydrogen-bond acceptors (Lipinski definition) is 3. The molecule has 1 aromatic carbocycles. The van der Waals surface area contributed by atoms with Gasteiger partial charge in [0.1, 0.15) is 11.6 Å². The van der Waals surface area contributed by atoms with Crippen LogP contribution in [-0.4, -0.2) is 29.9 Å². The van der Waals surface area contributed by atoms with Crippen molar-refractivity contribution in [1.29, 1.82) is 0 Å². The number of benzene rings is 1. The molecule has 0 radical (unpaired) electrons. The Kier molecular flexibility index (Phi) is 5.46. The molecule has 0 spiro atoms. The van der Waals surface area contributed by atoms with Gasteiger partial charge in [0.05, 0.1) is 11.7 Å². The average Bonchev–Trinajstić information content (AvgIpc) is 2.86. The topological polar surface area (TPSA) is 52.5 Å². The van der Waals surface area contributed by atoms with E-state index in [1.54, 1.807) is 0 Å². The fourth-order valence-electron chi connectivity index (χ4n) is 2.96. The van der Waals surface area contributed by atoms with Gasteiger partial charge in [-0.05, 0) is 43.4 Å². The molecule has 3 atom stereocenters. The molecule has 0 aliphatic heterocycles. The minimum Gasteiger partial charge on any atom is -0.396 e. The number of aliphatic hydroxyl groups is 2. The second kappa shape index (κ2) is 7.11. The Bertz CT molecular complexity index is 422. The third-order valence-electron chi connectivity index (χ3n) is 4.13. The molecule has 0 bridgehead atoms. The van der Waals surface area contributed by atoms with Crippen molar-refractivity contribution in [2.75, 3.05) is 19.7 Å². The predicted octanol–water partition coefficient (Wildman–Crippen LogP) is 2.00. The molecule has 0 amide bonds. The van der Waals surface area contributed by atoms with Crippen LogP contribution < -0.4 is 5.32 Å². The van der Waals surface area contributed by atoms with Gasteiger partial charge in [-0.3, -0.25) is 0 Å². The molecule has 1 saturated carbocycles. The van der Waals surface area contributed by atoms with Gasteiger partial charge in [0.25, 0.3) is 0 Å². The van der Waals surface area contributed by atoms with Crippen molar-refractivity contribution >= 4 is 0 Å². The molecule has 1 aliphatic rings. The monoisotopic (exact) mass is 285 g/mol. The fourth-order valence-corrected chi connectivity index (χ4v) is 2.96. The number of aliphatic hydroxyl groups excluding tert-OH is 2. The zero-order chi connectivity index (χ0) is 14.5. The van der Waals surface area contributed by atoms with E-state index in [0.717, 1.165) is 31.4 Å². The van der Waals surface area contributed by atoms with Crippen LogP contribution in [0, 0.1) is 23.5 Å². The smallest absolute Gasteiger partial charge is 0.131 e. The first-order valence-electron chi connectivity index (χ1n) is 7.07. The van der Waals surface area contributed by atoms with Crippen LogP contribution in [0.1, 0.15) is 30.9 Å². The summed E-state index contributed by atoms with van der Waals surface area (Å²) in [5.74, 6) is -0.788. The van der Waals surface area contributed by atoms with Gasteiger partial charge in [-0.2, -0.15) is 0 Å². The van der Waals surface area contributed by atoms with Crippen LogP contribution in [-0.2, 0) is 0 Å². The summed E-state index contributed by atoms with van der Waals surface area (Å²) in [5.41, 5.74) is -0.287. The fraction of sp³-hybridized carbons (Fsp3) is 0.600. The van der Waals surface area contributed by atoms with Crippen LogP contribution in [0.5, 0.6) is 0 Å². The summed E-state index contributed by atoms with van der Waals surface area (Å²) in [6.07, 6.45) is 1.96. The van der Waals surface area contributed by atoms with Gasteiger partial charge in [0.2, 0.25) is 0 Å². The molecule has 1 fully saturated rings. The van der Waals surface area contributed by atoms with Gasteiger partial charge < -0.3 is 15.5 Å². The molecule has 0 saturated heterocycles. The summed E-state index contributed by atoms with van der Waals surface area (Å²) in [6, 6.07) is 3.56. The Labute approximate surface area is 117 Å². The van der Waals surface area contributed by atoms with Crippen molar-refractivity contribution in [3.8, 4) is 0 Å². The molecule has 1 aliphatic carbocycles. The van der Waals surface area contributed by atoms with Crippen molar-refractivity contribution in [2.24, 2.45) is 11.8 Å². The summed E-state index contributed by atoms with van der Waals surface area (Å²) >= 11 is 0. The van der Waals surface area contributed by atoms with E-state index in [1.165, 1.54) is 6.07 Å². The van der Waals surface area contributed by atoms with E-state index in [9.17, 15) is 19.0 Å². The van der Waals surface area contributed by atoms with E-state index in [2.05, 4.69) is 5.32 Å². The number of hydrogen-bond donors (Lipinski definition) is 3. The van der Waals surface area contributed by atoms with E-state index in [4.69, 9.17) is 0 Å². The SMILES string of the molecule is OCC1CCCC1CNCC(O)c1c(F)cccc1F. The quantitative estimate of drug-likeness (QED) is 0.749. The predicted molar refractivity (Wildman–Crippen MR) is 72.1 cm³/mol. The summed E-state index contributed by atoms with van der Waals surface area (Å²) in [6.45, 7) is 0.932. The van der Waals surface area contributed by atoms with E-state index in [1.807, 2.05) is 0 Å². The van der Waals surface area contributed by atoms with E-state index in [0.29, 0.717) is 18.4 Å². The first kappa shape index (κ1) is 15.4. The minimum absolute atomic E-state index is 0.104. The van der Waals surface area contributed by atoms with Crippen LogP contribution in [0.25, 0.3) is 0 Å². The first-order chi connectivity index (χ1) is 9.63. The first-order valence-corrected chi connectivity index (χ1v) is 7.07. The second-order valence-electron chi connectivity index (χ2n) is 5.44. The zero-order valence-corrected chi connectivity index (χ0v) is 11.4. The molecule has 3 unspecified atom stereocenters. The van der Waals surface area contributed by atoms with Gasteiger partial charge in [0.15, 0.2) is 0 Å². The second-order valence-corrected chi connectivity index (χ2v) is 5.44. The summed E-state index contributed by atoms with van der Waals surface area (Å²) in [7, 11) is 0. The van der Waals surface area contributed by atoms with Crippen molar-refractivity contribution in [3.05, 3.63) is 35.4 Å². The largest absolute Gasteiger partial charge is 0.396 e. The highest BCUT2D eigenvalue weighted by molar-refractivity contribution is 5.22. The van der Waals surface area contributed by atoms with Gasteiger partial charge in [-0.1, -0.05) is 12.5 Å². The van der Waals surface area contributed by atoms with Gasteiger partial charge >= 0.3 is 0 Å². The highest BCUT2D eigenvalue weighted by Crippen LogP contribution is 2.30. The van der Waals surface area contributed by atoms with Crippen LogP contribution in [0.4, 0.5) is 8.78 Å². The lowest BCUT2D eigenvalue weighted by Crippen LogP contribution is -2.30. The Morgan fingerprint density at radius 3 is 2.50 bits per heavy atom. The van der Waals surface area contributed by atoms with Crippen LogP contribution in [0.3, 0.4) is 0 Å². The maximum Gasteiger partial charge on any atom is 0.131 e. The molecule has 112 valence electrons. The molecule has 0 heterocycles. The third kappa shape index (κ3) is 3.53. The number of halogens is 2. The zero-order valence-electron chi connectivity index (χ0n) is 11.4. The standard InChI is InChI=1S/C15H21F2NO2/c16-12-5-2-6-13(17)15(12)14(20)8-18-7-10-3-1-4-11(10)9-19/h2,5-6,10-11,14,18-20H,1,3-4,7-9H2. The lowest BCUT2D eigenvalue weighted by Gasteiger charge is -2.19. The lowest BCUT2D eigenvalue weighted by molar-refractivity contribution is 0.156. The molecule has 2 rings (SSSR count). The Morgan fingerprint density at radius 1 is 1.20 bits per heavy atom. The average molecular weight is 285 g/mol. The van der Waals surface area contributed by atoms with Crippen molar-refractivity contribution < 1.29 is 19.0 Å². The molecule has 1 aromatic rings. The molecule has 0 aromatic heterocycles. The van der Waals surface area contributed by atoms with Crippen molar-refractivity contribution in [1.82, 2.24) is 5.32 Å². The summed E-state index contributed by atoms with van der Waals surface area (Å²) in [4.78, 5) is 0. The van der Waals surface area contributed by atoms with E-state index >= 15 is 0 Å². The Hall–Kier alpha value is -1.04. The molecule has 5 heteroatoms. The minimum atomic E-state index is -1.20. The van der Waals surface area contributed by atoms with Gasteiger partial charge in [0, 0.05) is 13.2 Å². The Morgan fingerprint density at radius 2 is 1.85 bits per heavy atom. The van der Waals surface area contributed by atoms with E-state index in [-0.39, 0.29) is 18.7 Å². The normalized spacial score (nSPS) is 24.0. The molecule has 3 nitrogen and oxygen atoms in total. The maximum absolute atomic E-state index is 13.5. The highest BCUT2D eigenvalue weighted by atomic mass is 19.1. The van der Waals surface area contributed by atoms with Crippen molar-refractivity contribution in [3.63, 3.8) is 0 Å². The molecule has 20 heavy (non-hydrogen) atoms.